The molecule has 20 heavy (non-hydrogen) atoms. The molecule has 0 radical (unpaired) electrons. The second-order valence-corrected chi connectivity index (χ2v) is 6.76. The normalized spacial score (nSPS) is 21.6. The smallest absolute Gasteiger partial charge is 0.308 e. The molecule has 1 aromatic rings. The number of halogens is 1. The Morgan fingerprint density at radius 1 is 1.30 bits per heavy atom. The Hall–Kier alpha value is -1.01. The molecule has 1 aliphatic carbocycles. The maximum absolute atomic E-state index is 11.9. The number of benzene rings is 1. The average Bonchev–Trinajstić information content (AvgIpc) is 2.86. The topological polar surface area (TPSA) is 66.4 Å². The van der Waals surface area contributed by atoms with Crippen molar-refractivity contribution in [2.45, 2.75) is 30.2 Å². The molecule has 0 aromatic heterocycles. The Kier molecular flexibility index (Phi) is 5.48. The number of carbonyl (C=O) groups excluding carboxylic acids is 1. The van der Waals surface area contributed by atoms with Gasteiger partial charge in [-0.2, -0.15) is 0 Å². The van der Waals surface area contributed by atoms with Crippen LogP contribution in [0.1, 0.15) is 19.3 Å². The highest BCUT2D eigenvalue weighted by atomic mass is 79.9. The van der Waals surface area contributed by atoms with Crippen molar-refractivity contribution in [3.63, 3.8) is 0 Å². The van der Waals surface area contributed by atoms with Crippen LogP contribution in [0.4, 0.5) is 0 Å². The highest BCUT2D eigenvalue weighted by Gasteiger charge is 2.33. The summed E-state index contributed by atoms with van der Waals surface area (Å²) in [5, 5.41) is 11.9. The lowest BCUT2D eigenvalue weighted by Crippen LogP contribution is -2.40. The lowest BCUT2D eigenvalue weighted by Gasteiger charge is -2.17. The van der Waals surface area contributed by atoms with Gasteiger partial charge in [-0.25, -0.2) is 0 Å². The fourth-order valence-corrected chi connectivity index (χ4v) is 3.33. The summed E-state index contributed by atoms with van der Waals surface area (Å²) in [6.07, 6.45) is 2.27. The third kappa shape index (κ3) is 4.24. The summed E-state index contributed by atoms with van der Waals surface area (Å²) in [6.45, 7) is 0. The summed E-state index contributed by atoms with van der Waals surface area (Å²) >= 11 is 4.81. The van der Waals surface area contributed by atoms with E-state index in [0.717, 1.165) is 22.2 Å². The number of hydrogen-bond acceptors (Lipinski definition) is 3. The van der Waals surface area contributed by atoms with E-state index in [2.05, 4.69) is 21.2 Å². The fraction of sp³-hybridized carbons (Fsp3) is 0.429. The highest BCUT2D eigenvalue weighted by Crippen LogP contribution is 2.26. The first kappa shape index (κ1) is 15.4. The number of hydrogen-bond donors (Lipinski definition) is 2. The van der Waals surface area contributed by atoms with Crippen LogP contribution in [0.2, 0.25) is 0 Å². The van der Waals surface area contributed by atoms with Crippen LogP contribution in [0.15, 0.2) is 33.6 Å². The van der Waals surface area contributed by atoms with Crippen LogP contribution >= 0.6 is 27.7 Å². The van der Waals surface area contributed by atoms with E-state index < -0.39 is 11.9 Å². The lowest BCUT2D eigenvalue weighted by molar-refractivity contribution is -0.142. The standard InChI is InChI=1S/C14H16BrNO3S/c15-9-4-6-10(7-5-9)20-8-13(17)16-12-3-1-2-11(12)14(18)19/h4-7,11-12H,1-3,8H2,(H,16,17)(H,18,19). The van der Waals surface area contributed by atoms with E-state index >= 15 is 0 Å². The summed E-state index contributed by atoms with van der Waals surface area (Å²) in [6, 6.07) is 7.52. The first-order chi connectivity index (χ1) is 9.56. The maximum atomic E-state index is 11.9. The molecular weight excluding hydrogens is 342 g/mol. The van der Waals surface area contributed by atoms with E-state index in [0.29, 0.717) is 12.2 Å². The molecule has 0 spiro atoms. The van der Waals surface area contributed by atoms with Gasteiger partial charge >= 0.3 is 5.97 Å². The van der Waals surface area contributed by atoms with Gasteiger partial charge in [0.1, 0.15) is 0 Å². The van der Waals surface area contributed by atoms with E-state index in [4.69, 9.17) is 5.11 Å². The Labute approximate surface area is 130 Å². The van der Waals surface area contributed by atoms with E-state index in [-0.39, 0.29) is 11.9 Å². The Balaban J connectivity index is 1.80. The molecule has 108 valence electrons. The molecule has 1 amide bonds. The van der Waals surface area contributed by atoms with Gasteiger partial charge in [-0.15, -0.1) is 11.8 Å². The second kappa shape index (κ2) is 7.13. The molecule has 6 heteroatoms. The van der Waals surface area contributed by atoms with Crippen LogP contribution in [0.5, 0.6) is 0 Å². The molecule has 1 fully saturated rings. The minimum absolute atomic E-state index is 0.101. The zero-order valence-corrected chi connectivity index (χ0v) is 13.2. The van der Waals surface area contributed by atoms with Gasteiger partial charge in [0.05, 0.1) is 11.7 Å². The Morgan fingerprint density at radius 3 is 2.65 bits per heavy atom. The SMILES string of the molecule is O=C(CSc1ccc(Br)cc1)NC1CCCC1C(=O)O. The van der Waals surface area contributed by atoms with Gasteiger partial charge in [0.2, 0.25) is 5.91 Å². The average molecular weight is 358 g/mol. The third-order valence-corrected chi connectivity index (χ3v) is 4.90. The van der Waals surface area contributed by atoms with Crippen molar-refractivity contribution in [1.82, 2.24) is 5.32 Å². The number of carbonyl (C=O) groups is 2. The summed E-state index contributed by atoms with van der Waals surface area (Å²) in [7, 11) is 0. The van der Waals surface area contributed by atoms with Gasteiger partial charge in [-0.1, -0.05) is 22.4 Å². The molecule has 2 N–H and O–H groups in total. The number of thioether (sulfide) groups is 1. The van der Waals surface area contributed by atoms with Crippen molar-refractivity contribution in [2.75, 3.05) is 5.75 Å². The Bertz CT molecular complexity index is 492. The molecule has 2 rings (SSSR count). The van der Waals surface area contributed by atoms with E-state index in [1.54, 1.807) is 0 Å². The predicted molar refractivity (Wildman–Crippen MR) is 81.8 cm³/mol. The molecule has 2 unspecified atom stereocenters. The zero-order valence-electron chi connectivity index (χ0n) is 10.8. The molecule has 4 nitrogen and oxygen atoms in total. The molecule has 0 bridgehead atoms. The number of rotatable bonds is 5. The number of carboxylic acids is 1. The summed E-state index contributed by atoms with van der Waals surface area (Å²) in [4.78, 5) is 23.9. The highest BCUT2D eigenvalue weighted by molar-refractivity contribution is 9.10. The second-order valence-electron chi connectivity index (χ2n) is 4.79. The lowest BCUT2D eigenvalue weighted by atomic mass is 10.0. The van der Waals surface area contributed by atoms with Crippen molar-refractivity contribution in [1.29, 1.82) is 0 Å². The predicted octanol–water partition coefficient (Wildman–Crippen LogP) is 2.91. The van der Waals surface area contributed by atoms with Crippen molar-refractivity contribution >= 4 is 39.6 Å². The fourth-order valence-electron chi connectivity index (χ4n) is 2.36. The molecular formula is C14H16BrNO3S. The quantitative estimate of drug-likeness (QED) is 0.795. The van der Waals surface area contributed by atoms with Gasteiger partial charge in [0.25, 0.3) is 0 Å². The summed E-state index contributed by atoms with van der Waals surface area (Å²) < 4.78 is 1.00. The molecule has 1 aromatic carbocycles. The summed E-state index contributed by atoms with van der Waals surface area (Å²) in [5.41, 5.74) is 0. The number of nitrogens with one attached hydrogen (secondary N) is 1. The Morgan fingerprint density at radius 2 is 2.00 bits per heavy atom. The first-order valence-electron chi connectivity index (χ1n) is 6.47. The number of amides is 1. The molecule has 0 heterocycles. The minimum atomic E-state index is -0.812. The largest absolute Gasteiger partial charge is 0.481 e. The van der Waals surface area contributed by atoms with Gasteiger partial charge in [0, 0.05) is 15.4 Å². The van der Waals surface area contributed by atoms with Gasteiger partial charge < -0.3 is 10.4 Å². The van der Waals surface area contributed by atoms with Crippen LogP contribution in [-0.4, -0.2) is 28.8 Å². The molecule has 0 aliphatic heterocycles. The molecule has 1 saturated carbocycles. The van der Waals surface area contributed by atoms with Crippen molar-refractivity contribution < 1.29 is 14.7 Å². The van der Waals surface area contributed by atoms with Crippen LogP contribution in [-0.2, 0) is 9.59 Å². The van der Waals surface area contributed by atoms with Crippen LogP contribution in [0, 0.1) is 5.92 Å². The van der Waals surface area contributed by atoms with Gasteiger partial charge in [-0.3, -0.25) is 9.59 Å². The summed E-state index contributed by atoms with van der Waals surface area (Å²) in [5.74, 6) is -1.04. The number of carboxylic acid groups (broad SMARTS) is 1. The van der Waals surface area contributed by atoms with Crippen LogP contribution < -0.4 is 5.32 Å². The minimum Gasteiger partial charge on any atom is -0.481 e. The van der Waals surface area contributed by atoms with Crippen molar-refractivity contribution in [2.24, 2.45) is 5.92 Å². The van der Waals surface area contributed by atoms with Crippen LogP contribution in [0.3, 0.4) is 0 Å². The van der Waals surface area contributed by atoms with E-state index in [9.17, 15) is 9.59 Å². The van der Waals surface area contributed by atoms with Gasteiger partial charge in [0.15, 0.2) is 0 Å². The van der Waals surface area contributed by atoms with Gasteiger partial charge in [-0.05, 0) is 37.1 Å². The monoisotopic (exact) mass is 357 g/mol. The first-order valence-corrected chi connectivity index (χ1v) is 8.24. The van der Waals surface area contributed by atoms with Crippen molar-refractivity contribution in [3.8, 4) is 0 Å². The number of aliphatic carboxylic acids is 1. The molecule has 2 atom stereocenters. The maximum Gasteiger partial charge on any atom is 0.308 e. The molecule has 1 aliphatic rings. The van der Waals surface area contributed by atoms with E-state index in [1.807, 2.05) is 24.3 Å². The zero-order chi connectivity index (χ0) is 14.5. The third-order valence-electron chi connectivity index (χ3n) is 3.36. The van der Waals surface area contributed by atoms with Crippen LogP contribution in [0.25, 0.3) is 0 Å². The van der Waals surface area contributed by atoms with E-state index in [1.165, 1.54) is 11.8 Å². The van der Waals surface area contributed by atoms with Crippen molar-refractivity contribution in [3.05, 3.63) is 28.7 Å². The molecule has 0 saturated heterocycles.